The van der Waals surface area contributed by atoms with Crippen molar-refractivity contribution in [3.63, 3.8) is 0 Å². The van der Waals surface area contributed by atoms with Crippen LogP contribution in [0.4, 0.5) is 10.1 Å². The second-order valence-corrected chi connectivity index (χ2v) is 8.43. The van der Waals surface area contributed by atoms with Crippen LogP contribution in [0.2, 0.25) is 10.0 Å². The quantitative estimate of drug-likeness (QED) is 0.550. The van der Waals surface area contributed by atoms with Gasteiger partial charge in [-0.15, -0.1) is 0 Å². The fraction of sp³-hybridized carbons (Fsp3) is 0.318. The summed E-state index contributed by atoms with van der Waals surface area (Å²) in [6, 6.07) is 10.5. The van der Waals surface area contributed by atoms with Crippen LogP contribution in [0.3, 0.4) is 0 Å². The summed E-state index contributed by atoms with van der Waals surface area (Å²) in [5, 5.41) is 7.82. The third-order valence-electron chi connectivity index (χ3n) is 5.46. The maximum Gasteiger partial charge on any atom is 0.241 e. The summed E-state index contributed by atoms with van der Waals surface area (Å²) < 4.78 is 18.6. The van der Waals surface area contributed by atoms with Crippen molar-refractivity contribution in [2.45, 2.75) is 31.7 Å². The Kier molecular flexibility index (Phi) is 6.55. The number of halogens is 3. The number of benzene rings is 2. The van der Waals surface area contributed by atoms with Crippen molar-refractivity contribution in [3.8, 4) is 11.4 Å². The minimum atomic E-state index is -0.377. The first-order chi connectivity index (χ1) is 14.9. The Bertz CT molecular complexity index is 1070. The Balaban J connectivity index is 1.42. The molecule has 0 bridgehead atoms. The highest BCUT2D eigenvalue weighted by Crippen LogP contribution is 2.30. The topological polar surface area (TPSA) is 71.3 Å². The lowest BCUT2D eigenvalue weighted by molar-refractivity contribution is -0.121. The summed E-state index contributed by atoms with van der Waals surface area (Å²) in [6.45, 7) is 3.25. The summed E-state index contributed by atoms with van der Waals surface area (Å²) in [7, 11) is 0. The van der Waals surface area contributed by atoms with Crippen LogP contribution in [0.5, 0.6) is 0 Å². The SMILES string of the molecule is CC(C(=O)Nc1cc(Cl)ccc1Cl)N1CCCC(c2nc(-c3ccc(F)cc3)no2)C1. The van der Waals surface area contributed by atoms with Crippen LogP contribution in [0.25, 0.3) is 11.4 Å². The fourth-order valence-electron chi connectivity index (χ4n) is 3.67. The molecule has 162 valence electrons. The minimum absolute atomic E-state index is 0.0143. The highest BCUT2D eigenvalue weighted by atomic mass is 35.5. The summed E-state index contributed by atoms with van der Waals surface area (Å²) in [5.74, 6) is 0.479. The lowest BCUT2D eigenvalue weighted by Gasteiger charge is -2.34. The fourth-order valence-corrected chi connectivity index (χ4v) is 4.01. The number of hydrogen-bond acceptors (Lipinski definition) is 5. The van der Waals surface area contributed by atoms with E-state index in [0.29, 0.717) is 39.6 Å². The Labute approximate surface area is 189 Å². The number of carbonyl (C=O) groups excluding carboxylic acids is 1. The van der Waals surface area contributed by atoms with Gasteiger partial charge < -0.3 is 9.84 Å². The molecule has 2 unspecified atom stereocenters. The van der Waals surface area contributed by atoms with Crippen LogP contribution in [0.15, 0.2) is 47.0 Å². The molecule has 1 aliphatic rings. The minimum Gasteiger partial charge on any atom is -0.339 e. The van der Waals surface area contributed by atoms with Gasteiger partial charge in [-0.25, -0.2) is 4.39 Å². The van der Waals surface area contributed by atoms with Gasteiger partial charge in [0.1, 0.15) is 5.82 Å². The van der Waals surface area contributed by atoms with Crippen molar-refractivity contribution in [2.75, 3.05) is 18.4 Å². The van der Waals surface area contributed by atoms with E-state index in [1.54, 1.807) is 30.3 Å². The van der Waals surface area contributed by atoms with E-state index in [9.17, 15) is 9.18 Å². The van der Waals surface area contributed by atoms with E-state index < -0.39 is 0 Å². The third-order valence-corrected chi connectivity index (χ3v) is 6.02. The van der Waals surface area contributed by atoms with Gasteiger partial charge in [-0.1, -0.05) is 28.4 Å². The number of nitrogens with zero attached hydrogens (tertiary/aromatic N) is 3. The van der Waals surface area contributed by atoms with Crippen molar-refractivity contribution < 1.29 is 13.7 Å². The highest BCUT2D eigenvalue weighted by Gasteiger charge is 2.31. The molecule has 9 heteroatoms. The third kappa shape index (κ3) is 5.06. The zero-order valence-corrected chi connectivity index (χ0v) is 18.3. The first-order valence-corrected chi connectivity index (χ1v) is 10.8. The lowest BCUT2D eigenvalue weighted by Crippen LogP contribution is -2.46. The normalized spacial score (nSPS) is 18.0. The molecule has 1 saturated heterocycles. The van der Waals surface area contributed by atoms with E-state index in [1.165, 1.54) is 12.1 Å². The zero-order valence-electron chi connectivity index (χ0n) is 16.8. The largest absolute Gasteiger partial charge is 0.339 e. The number of likely N-dealkylation sites (tertiary alicyclic amines) is 1. The molecule has 1 aromatic heterocycles. The zero-order chi connectivity index (χ0) is 22.0. The van der Waals surface area contributed by atoms with E-state index in [4.69, 9.17) is 27.7 Å². The molecule has 2 heterocycles. The van der Waals surface area contributed by atoms with Crippen molar-refractivity contribution in [3.05, 3.63) is 64.2 Å². The van der Waals surface area contributed by atoms with Gasteiger partial charge in [-0.2, -0.15) is 4.98 Å². The number of carbonyl (C=O) groups is 1. The molecule has 0 aliphatic carbocycles. The van der Waals surface area contributed by atoms with Crippen LogP contribution in [0.1, 0.15) is 31.6 Å². The number of aromatic nitrogens is 2. The van der Waals surface area contributed by atoms with Gasteiger partial charge in [-0.3, -0.25) is 9.69 Å². The smallest absolute Gasteiger partial charge is 0.241 e. The second kappa shape index (κ2) is 9.34. The molecule has 1 N–H and O–H groups in total. The Morgan fingerprint density at radius 1 is 1.26 bits per heavy atom. The molecule has 31 heavy (non-hydrogen) atoms. The molecule has 6 nitrogen and oxygen atoms in total. The number of nitrogens with one attached hydrogen (secondary N) is 1. The van der Waals surface area contributed by atoms with E-state index in [1.807, 2.05) is 6.92 Å². The summed E-state index contributed by atoms with van der Waals surface area (Å²) >= 11 is 12.2. The molecule has 3 aromatic rings. The maximum atomic E-state index is 13.1. The van der Waals surface area contributed by atoms with Crippen molar-refractivity contribution in [2.24, 2.45) is 0 Å². The second-order valence-electron chi connectivity index (χ2n) is 7.59. The van der Waals surface area contributed by atoms with Crippen molar-refractivity contribution >= 4 is 34.8 Å². The molecule has 1 aliphatic heterocycles. The van der Waals surface area contributed by atoms with Crippen molar-refractivity contribution in [1.29, 1.82) is 0 Å². The van der Waals surface area contributed by atoms with Gasteiger partial charge >= 0.3 is 0 Å². The van der Waals surface area contributed by atoms with Gasteiger partial charge in [0.2, 0.25) is 17.6 Å². The standard InChI is InChI=1S/C22H21Cl2FN4O2/c1-13(21(30)26-19-11-16(23)6-9-18(19)24)29-10-2-3-15(12-29)22-27-20(28-31-22)14-4-7-17(25)8-5-14/h4-9,11,13,15H,2-3,10,12H2,1H3,(H,26,30). The number of anilines is 1. The molecular formula is C22H21Cl2FN4O2. The number of rotatable bonds is 5. The molecule has 0 spiro atoms. The molecule has 4 rings (SSSR count). The molecular weight excluding hydrogens is 442 g/mol. The number of hydrogen-bond donors (Lipinski definition) is 1. The van der Waals surface area contributed by atoms with Crippen LogP contribution in [0, 0.1) is 5.82 Å². The van der Waals surface area contributed by atoms with E-state index >= 15 is 0 Å². The molecule has 0 saturated carbocycles. The first kappa shape index (κ1) is 21.7. The van der Waals surface area contributed by atoms with Crippen LogP contribution >= 0.6 is 23.2 Å². The molecule has 0 radical (unpaired) electrons. The van der Waals surface area contributed by atoms with Crippen molar-refractivity contribution in [1.82, 2.24) is 15.0 Å². The molecule has 1 amide bonds. The molecule has 2 atom stereocenters. The molecule has 2 aromatic carbocycles. The van der Waals surface area contributed by atoms with Gasteiger partial charge in [0.15, 0.2) is 0 Å². The number of piperidine rings is 1. The Hall–Kier alpha value is -2.48. The van der Waals surface area contributed by atoms with Gasteiger partial charge in [0.05, 0.1) is 22.7 Å². The Morgan fingerprint density at radius 2 is 2.03 bits per heavy atom. The van der Waals surface area contributed by atoms with Crippen LogP contribution < -0.4 is 5.32 Å². The average molecular weight is 463 g/mol. The predicted molar refractivity (Wildman–Crippen MR) is 118 cm³/mol. The average Bonchev–Trinajstić information content (AvgIpc) is 3.26. The van der Waals surface area contributed by atoms with Gasteiger partial charge in [-0.05, 0) is 68.8 Å². The summed E-state index contributed by atoms with van der Waals surface area (Å²) in [4.78, 5) is 19.4. The van der Waals surface area contributed by atoms with Crippen LogP contribution in [-0.2, 0) is 4.79 Å². The monoisotopic (exact) mass is 462 g/mol. The van der Waals surface area contributed by atoms with E-state index in [0.717, 1.165) is 19.4 Å². The predicted octanol–water partition coefficient (Wildman–Crippen LogP) is 5.39. The highest BCUT2D eigenvalue weighted by molar-refractivity contribution is 6.35. The van der Waals surface area contributed by atoms with Gasteiger partial charge in [0.25, 0.3) is 0 Å². The number of amides is 1. The summed E-state index contributed by atoms with van der Waals surface area (Å²) in [6.07, 6.45) is 1.78. The maximum absolute atomic E-state index is 13.1. The van der Waals surface area contributed by atoms with E-state index in [-0.39, 0.29) is 23.7 Å². The Morgan fingerprint density at radius 3 is 2.81 bits per heavy atom. The summed E-state index contributed by atoms with van der Waals surface area (Å²) in [5.41, 5.74) is 1.18. The van der Waals surface area contributed by atoms with E-state index in [2.05, 4.69) is 20.4 Å². The van der Waals surface area contributed by atoms with Crippen LogP contribution in [-0.4, -0.2) is 40.1 Å². The molecule has 1 fully saturated rings. The first-order valence-electron chi connectivity index (χ1n) is 10.00. The van der Waals surface area contributed by atoms with Gasteiger partial charge in [0, 0.05) is 17.1 Å². The lowest BCUT2D eigenvalue weighted by atomic mass is 9.96.